The maximum absolute atomic E-state index is 6.36. The van der Waals surface area contributed by atoms with Crippen molar-refractivity contribution in [2.24, 2.45) is 22.7 Å². The third-order valence-electron chi connectivity index (χ3n) is 9.40. The molecule has 0 aromatic rings. The van der Waals surface area contributed by atoms with Crippen LogP contribution in [0.4, 0.5) is 0 Å². The summed E-state index contributed by atoms with van der Waals surface area (Å²) < 4.78 is 0. The van der Waals surface area contributed by atoms with E-state index >= 15 is 0 Å². The van der Waals surface area contributed by atoms with Crippen LogP contribution in [0, 0.1) is 22.7 Å². The highest BCUT2D eigenvalue weighted by Crippen LogP contribution is 2.66. The molecular weight excluding hydrogens is 386 g/mol. The van der Waals surface area contributed by atoms with Gasteiger partial charge in [0.05, 0.1) is 0 Å². The van der Waals surface area contributed by atoms with Gasteiger partial charge in [0.15, 0.2) is 0 Å². The molecule has 3 radical (unpaired) electrons. The average Bonchev–Trinajstić information content (AvgIpc) is 2.65. The van der Waals surface area contributed by atoms with Gasteiger partial charge < -0.3 is 4.81 Å². The van der Waals surface area contributed by atoms with Crippen molar-refractivity contribution in [3.05, 3.63) is 0 Å². The number of hydrogen-bond acceptors (Lipinski definition) is 2. The molecule has 0 saturated carbocycles. The van der Waals surface area contributed by atoms with Gasteiger partial charge in [-0.1, -0.05) is 81.1 Å². The van der Waals surface area contributed by atoms with Gasteiger partial charge in [0, 0.05) is 29.8 Å². The Kier molecular flexibility index (Phi) is 11.7. The lowest BCUT2D eigenvalue weighted by atomic mass is 9.38. The maximum atomic E-state index is 6.36. The summed E-state index contributed by atoms with van der Waals surface area (Å²) in [6, 6.07) is 0. The van der Waals surface area contributed by atoms with E-state index in [1.54, 1.807) is 0 Å². The van der Waals surface area contributed by atoms with Crippen LogP contribution in [0.2, 0.25) is 0 Å². The summed E-state index contributed by atoms with van der Waals surface area (Å²) in [4.78, 5) is 5.12. The van der Waals surface area contributed by atoms with Crippen LogP contribution in [0.25, 0.3) is 0 Å². The van der Waals surface area contributed by atoms with Crippen LogP contribution in [0.5, 0.6) is 0 Å². The summed E-state index contributed by atoms with van der Waals surface area (Å²) in [5, 5.41) is 0. The van der Waals surface area contributed by atoms with Gasteiger partial charge in [-0.25, -0.2) is 0 Å². The van der Waals surface area contributed by atoms with Crippen LogP contribution in [-0.4, -0.2) is 55.5 Å². The molecule has 0 saturated heterocycles. The molecule has 0 aromatic heterocycles. The summed E-state index contributed by atoms with van der Waals surface area (Å²) in [5.74, 6) is 1.11. The minimum absolute atomic E-state index is 0.00924. The van der Waals surface area contributed by atoms with Crippen molar-refractivity contribution < 1.29 is 0 Å². The fraction of sp³-hybridized carbons (Fsp3) is 1.00. The van der Waals surface area contributed by atoms with Gasteiger partial charge >= 0.3 is 0 Å². The van der Waals surface area contributed by atoms with Gasteiger partial charge in [-0.3, -0.25) is 4.90 Å². The Bertz CT molecular complexity index is 556. The van der Waals surface area contributed by atoms with Crippen molar-refractivity contribution in [3.63, 3.8) is 0 Å². The molecule has 0 fully saturated rings. The van der Waals surface area contributed by atoms with Gasteiger partial charge in [-0.15, -0.1) is 0 Å². The van der Waals surface area contributed by atoms with E-state index in [9.17, 15) is 0 Å². The van der Waals surface area contributed by atoms with Gasteiger partial charge in [-0.2, -0.15) is 0 Å². The lowest BCUT2D eigenvalue weighted by Gasteiger charge is -2.73. The first-order valence-electron chi connectivity index (χ1n) is 13.4. The Labute approximate surface area is 206 Å². The van der Waals surface area contributed by atoms with Gasteiger partial charge in [-0.05, 0) is 78.8 Å². The first-order chi connectivity index (χ1) is 14.4. The smallest absolute Gasteiger partial charge is 0.149 e. The van der Waals surface area contributed by atoms with Crippen molar-refractivity contribution in [2.75, 3.05) is 14.1 Å². The lowest BCUT2D eigenvalue weighted by molar-refractivity contribution is -0.218. The molecule has 0 spiro atoms. The maximum Gasteiger partial charge on any atom is 0.149 e. The van der Waals surface area contributed by atoms with Gasteiger partial charge in [0.1, 0.15) is 7.31 Å². The van der Waals surface area contributed by atoms with Crippen LogP contribution in [0.3, 0.4) is 0 Å². The van der Waals surface area contributed by atoms with E-state index in [-0.39, 0.29) is 27.4 Å². The fourth-order valence-corrected chi connectivity index (χ4v) is 8.09. The Morgan fingerprint density at radius 2 is 1.31 bits per heavy atom. The Morgan fingerprint density at radius 3 is 1.62 bits per heavy atom. The van der Waals surface area contributed by atoms with Crippen LogP contribution in [0.1, 0.15) is 129 Å². The highest BCUT2D eigenvalue weighted by Gasteiger charge is 2.69. The molecule has 32 heavy (non-hydrogen) atoms. The van der Waals surface area contributed by atoms with Crippen molar-refractivity contribution in [1.29, 1.82) is 0 Å². The lowest BCUT2D eigenvalue weighted by Crippen LogP contribution is -2.78. The minimum Gasteiger partial charge on any atom is -0.354 e. The Hall–Kier alpha value is 0.0499. The van der Waals surface area contributed by atoms with E-state index in [1.807, 2.05) is 7.31 Å². The highest BCUT2D eigenvalue weighted by atomic mass is 15.3. The van der Waals surface area contributed by atoms with Crippen LogP contribution in [0.15, 0.2) is 0 Å². The summed E-state index contributed by atoms with van der Waals surface area (Å²) in [6.45, 7) is 31.8. The number of nitrogens with zero attached hydrogens (tertiary/aromatic N) is 2. The summed E-state index contributed by atoms with van der Waals surface area (Å²) in [7, 11) is 12.8. The van der Waals surface area contributed by atoms with Gasteiger partial charge in [0.25, 0.3) is 0 Å². The first-order valence-corrected chi connectivity index (χ1v) is 13.4. The predicted octanol–water partition coefficient (Wildman–Crippen LogP) is 7.57. The van der Waals surface area contributed by atoms with E-state index in [4.69, 9.17) is 7.74 Å². The fourth-order valence-electron chi connectivity index (χ4n) is 8.09. The van der Waals surface area contributed by atoms with E-state index in [0.717, 1.165) is 12.8 Å². The van der Waals surface area contributed by atoms with Crippen molar-refractivity contribution in [1.82, 2.24) is 9.71 Å². The topological polar surface area (TPSA) is 6.48 Å². The number of hydrogen-bond donors (Lipinski definition) is 0. The van der Waals surface area contributed by atoms with Crippen LogP contribution < -0.4 is 0 Å². The third-order valence-corrected chi connectivity index (χ3v) is 9.40. The summed E-state index contributed by atoms with van der Waals surface area (Å²) in [6.07, 6.45) is 7.04. The molecule has 0 aromatic carbocycles. The van der Waals surface area contributed by atoms with Crippen LogP contribution >= 0.6 is 0 Å². The average molecular weight is 445 g/mol. The first kappa shape index (κ1) is 32.0. The molecule has 4 heteroatoms. The van der Waals surface area contributed by atoms with Crippen molar-refractivity contribution >= 4 is 15.0 Å². The molecule has 0 aliphatic heterocycles. The molecule has 0 bridgehead atoms. The Morgan fingerprint density at radius 1 is 0.812 bits per heavy atom. The molecule has 0 heterocycles. The normalized spacial score (nSPS) is 20.2. The van der Waals surface area contributed by atoms with Crippen molar-refractivity contribution in [2.45, 2.75) is 145 Å². The zero-order chi connectivity index (χ0) is 25.8. The van der Waals surface area contributed by atoms with Crippen molar-refractivity contribution in [3.8, 4) is 0 Å². The van der Waals surface area contributed by atoms with E-state index in [2.05, 4.69) is 114 Å². The molecule has 0 aliphatic carbocycles. The molecule has 4 unspecified atom stereocenters. The molecule has 0 N–H and O–H groups in total. The third kappa shape index (κ3) is 5.48. The predicted molar refractivity (Wildman–Crippen MR) is 149 cm³/mol. The van der Waals surface area contributed by atoms with Gasteiger partial charge in [0.2, 0.25) is 0 Å². The van der Waals surface area contributed by atoms with E-state index in [1.165, 1.54) is 25.7 Å². The molecular formula is C28H59B2N2. The molecule has 0 rings (SSSR count). The monoisotopic (exact) mass is 445 g/mol. The van der Waals surface area contributed by atoms with E-state index < -0.39 is 0 Å². The largest absolute Gasteiger partial charge is 0.354 e. The standard InChI is InChI=1S/C28H59B2N2/c1-16-19-23(6)28(25(10,11)18-3,27(13,21-22(4)5)32(15)30-29)26(12,20-17-2)31(14)24(7,8)9/h22-23H,16-21H2,1-15H3. The SMILES string of the molecule is [B][B]N(C)C(C)(CC(C)C)C(C(C)CCC)(C(C)(C)CC)C(C)(CCC)N(C)C(C)(C)C. The highest BCUT2D eigenvalue weighted by molar-refractivity contribution is 6.87. The zero-order valence-corrected chi connectivity index (χ0v) is 24.9. The summed E-state index contributed by atoms with van der Waals surface area (Å²) >= 11 is 0. The second kappa shape index (κ2) is 11.7. The molecule has 187 valence electrons. The van der Waals surface area contributed by atoms with Crippen LogP contribution in [-0.2, 0) is 0 Å². The number of rotatable bonds is 14. The molecule has 2 nitrogen and oxygen atoms in total. The summed E-state index contributed by atoms with van der Waals surface area (Å²) in [5.41, 5.74) is 0.0355. The molecule has 0 aliphatic rings. The quantitative estimate of drug-likeness (QED) is 0.254. The van der Waals surface area contributed by atoms with E-state index in [0.29, 0.717) is 11.8 Å². The molecule has 0 amide bonds. The second-order valence-corrected chi connectivity index (χ2v) is 13.1. The minimum atomic E-state index is -0.104. The zero-order valence-electron chi connectivity index (χ0n) is 24.9. The second-order valence-electron chi connectivity index (χ2n) is 13.1. The Balaban J connectivity index is 7.92. The molecule has 4 atom stereocenters.